The first-order valence-corrected chi connectivity index (χ1v) is 6.34. The van der Waals surface area contributed by atoms with E-state index in [4.69, 9.17) is 14.9 Å². The van der Waals surface area contributed by atoms with E-state index in [1.807, 2.05) is 12.1 Å². The number of rotatable bonds is 3. The highest BCUT2D eigenvalue weighted by atomic mass is 16.5. The molecular formula is C14H17N3O2. The molecule has 0 atom stereocenters. The van der Waals surface area contributed by atoms with Crippen LogP contribution in [0.5, 0.6) is 5.75 Å². The van der Waals surface area contributed by atoms with Gasteiger partial charge in [0.25, 0.3) is 6.01 Å². The molecule has 0 saturated carbocycles. The van der Waals surface area contributed by atoms with E-state index in [9.17, 15) is 0 Å². The maximum Gasteiger partial charge on any atom is 0.292 e. The molecule has 19 heavy (non-hydrogen) atoms. The van der Waals surface area contributed by atoms with Crippen LogP contribution in [-0.2, 0) is 19.5 Å². The van der Waals surface area contributed by atoms with E-state index in [0.29, 0.717) is 0 Å². The molecule has 0 bridgehead atoms. The Morgan fingerprint density at radius 2 is 2.16 bits per heavy atom. The van der Waals surface area contributed by atoms with E-state index >= 15 is 0 Å². The Balaban J connectivity index is 1.68. The first-order valence-electron chi connectivity index (χ1n) is 6.34. The number of oxazole rings is 1. The van der Waals surface area contributed by atoms with Crippen molar-refractivity contribution in [3.8, 4) is 5.75 Å². The molecule has 0 radical (unpaired) electrons. The number of aromatic nitrogens is 1. The summed E-state index contributed by atoms with van der Waals surface area (Å²) in [5, 5.41) is 0. The van der Waals surface area contributed by atoms with Crippen LogP contribution in [0, 0.1) is 0 Å². The predicted molar refractivity (Wildman–Crippen MR) is 71.7 cm³/mol. The normalized spacial score (nSPS) is 15.2. The van der Waals surface area contributed by atoms with Crippen LogP contribution in [0.25, 0.3) is 0 Å². The largest absolute Gasteiger partial charge is 0.497 e. The Morgan fingerprint density at radius 3 is 2.89 bits per heavy atom. The Morgan fingerprint density at radius 1 is 1.37 bits per heavy atom. The monoisotopic (exact) mass is 259 g/mol. The van der Waals surface area contributed by atoms with Gasteiger partial charge in [-0.25, -0.2) is 0 Å². The molecule has 0 amide bonds. The number of nitrogens with two attached hydrogens (primary N) is 1. The molecule has 5 heteroatoms. The number of ether oxygens (including phenoxy) is 1. The first-order chi connectivity index (χ1) is 9.24. The number of hydrogen-bond acceptors (Lipinski definition) is 5. The molecule has 2 aromatic rings. The van der Waals surface area contributed by atoms with Crippen molar-refractivity contribution in [1.82, 2.24) is 9.88 Å². The van der Waals surface area contributed by atoms with Crippen LogP contribution in [0.3, 0.4) is 0 Å². The molecule has 0 saturated heterocycles. The number of nitrogens with zero attached hydrogens (tertiary/aromatic N) is 2. The third-order valence-corrected chi connectivity index (χ3v) is 3.39. The maximum atomic E-state index is 5.58. The topological polar surface area (TPSA) is 64.5 Å². The van der Waals surface area contributed by atoms with Gasteiger partial charge in [0, 0.05) is 26.1 Å². The fourth-order valence-corrected chi connectivity index (χ4v) is 2.40. The minimum atomic E-state index is 0.274. The predicted octanol–water partition coefficient (Wildman–Crippen LogP) is 1.82. The summed E-state index contributed by atoms with van der Waals surface area (Å²) in [7, 11) is 1.68. The van der Waals surface area contributed by atoms with Crippen molar-refractivity contribution in [2.24, 2.45) is 0 Å². The maximum absolute atomic E-state index is 5.58. The van der Waals surface area contributed by atoms with Crippen LogP contribution in [0.15, 0.2) is 28.7 Å². The van der Waals surface area contributed by atoms with Crippen LogP contribution in [0.4, 0.5) is 6.01 Å². The lowest BCUT2D eigenvalue weighted by Gasteiger charge is -2.25. The molecule has 2 heterocycles. The molecule has 1 aliphatic rings. The summed E-state index contributed by atoms with van der Waals surface area (Å²) >= 11 is 0. The van der Waals surface area contributed by atoms with Crippen LogP contribution >= 0.6 is 0 Å². The highest BCUT2D eigenvalue weighted by Gasteiger charge is 2.21. The molecule has 0 spiro atoms. The van der Waals surface area contributed by atoms with E-state index < -0.39 is 0 Å². The molecule has 0 fully saturated rings. The zero-order chi connectivity index (χ0) is 13.2. The van der Waals surface area contributed by atoms with E-state index in [-0.39, 0.29) is 6.01 Å². The summed E-state index contributed by atoms with van der Waals surface area (Å²) in [6.07, 6.45) is 0.871. The molecule has 1 aromatic carbocycles. The highest BCUT2D eigenvalue weighted by molar-refractivity contribution is 5.27. The Labute approximate surface area is 112 Å². The van der Waals surface area contributed by atoms with E-state index in [1.165, 1.54) is 5.56 Å². The number of fused-ring (bicyclic) bond motifs is 1. The lowest BCUT2D eigenvalue weighted by Crippen LogP contribution is -2.29. The van der Waals surface area contributed by atoms with Crippen molar-refractivity contribution in [3.63, 3.8) is 0 Å². The summed E-state index contributed by atoms with van der Waals surface area (Å²) in [6.45, 7) is 2.66. The number of benzene rings is 1. The minimum Gasteiger partial charge on any atom is -0.497 e. The summed E-state index contributed by atoms with van der Waals surface area (Å²) in [5.41, 5.74) is 7.81. The van der Waals surface area contributed by atoms with Crippen LogP contribution < -0.4 is 10.5 Å². The van der Waals surface area contributed by atoms with Gasteiger partial charge in [-0.15, -0.1) is 0 Å². The molecule has 2 N–H and O–H groups in total. The second kappa shape index (κ2) is 4.93. The fraction of sp³-hybridized carbons (Fsp3) is 0.357. The molecular weight excluding hydrogens is 242 g/mol. The van der Waals surface area contributed by atoms with Gasteiger partial charge in [0.05, 0.1) is 12.8 Å². The van der Waals surface area contributed by atoms with Gasteiger partial charge in [0.2, 0.25) is 0 Å². The van der Waals surface area contributed by atoms with Gasteiger partial charge in [-0.1, -0.05) is 12.1 Å². The number of nitrogen functional groups attached to an aromatic ring is 1. The van der Waals surface area contributed by atoms with Gasteiger partial charge in [0.15, 0.2) is 0 Å². The van der Waals surface area contributed by atoms with Crippen molar-refractivity contribution in [2.45, 2.75) is 19.5 Å². The summed E-state index contributed by atoms with van der Waals surface area (Å²) in [5.74, 6) is 1.82. The zero-order valence-electron chi connectivity index (χ0n) is 10.9. The fourth-order valence-electron chi connectivity index (χ4n) is 2.40. The van der Waals surface area contributed by atoms with Crippen LogP contribution in [0.2, 0.25) is 0 Å². The SMILES string of the molecule is COc1ccc(CN2CCc3oc(N)nc3C2)cc1. The summed E-state index contributed by atoms with van der Waals surface area (Å²) in [4.78, 5) is 6.56. The molecule has 5 nitrogen and oxygen atoms in total. The number of hydrogen-bond donors (Lipinski definition) is 1. The molecule has 100 valence electrons. The lowest BCUT2D eigenvalue weighted by molar-refractivity contribution is 0.232. The number of anilines is 1. The van der Waals surface area contributed by atoms with E-state index in [2.05, 4.69) is 22.0 Å². The lowest BCUT2D eigenvalue weighted by atomic mass is 10.1. The van der Waals surface area contributed by atoms with Crippen LogP contribution in [0.1, 0.15) is 17.0 Å². The average Bonchev–Trinajstić information content (AvgIpc) is 2.79. The Bertz CT molecular complexity index is 563. The van der Waals surface area contributed by atoms with Crippen molar-refractivity contribution in [3.05, 3.63) is 41.3 Å². The minimum absolute atomic E-state index is 0.274. The summed E-state index contributed by atoms with van der Waals surface area (Å²) in [6, 6.07) is 8.42. The Hall–Kier alpha value is -2.01. The first kappa shape index (κ1) is 12.0. The third kappa shape index (κ3) is 2.56. The molecule has 1 aromatic heterocycles. The standard InChI is InChI=1S/C14H17N3O2/c1-18-11-4-2-10(3-5-11)8-17-7-6-13-12(9-17)16-14(15)19-13/h2-5H,6-9H2,1H3,(H2,15,16). The van der Waals surface area contributed by atoms with E-state index in [0.717, 1.165) is 43.3 Å². The van der Waals surface area contributed by atoms with Crippen LogP contribution in [-0.4, -0.2) is 23.5 Å². The third-order valence-electron chi connectivity index (χ3n) is 3.39. The van der Waals surface area contributed by atoms with Crippen molar-refractivity contribution in [1.29, 1.82) is 0 Å². The van der Waals surface area contributed by atoms with Gasteiger partial charge in [0.1, 0.15) is 11.5 Å². The smallest absolute Gasteiger partial charge is 0.292 e. The second-order valence-electron chi connectivity index (χ2n) is 4.73. The average molecular weight is 259 g/mol. The second-order valence-corrected chi connectivity index (χ2v) is 4.73. The van der Waals surface area contributed by atoms with Crippen molar-refractivity contribution in [2.75, 3.05) is 19.4 Å². The van der Waals surface area contributed by atoms with Gasteiger partial charge in [-0.2, -0.15) is 4.98 Å². The van der Waals surface area contributed by atoms with Crippen molar-refractivity contribution < 1.29 is 9.15 Å². The number of methoxy groups -OCH3 is 1. The summed E-state index contributed by atoms with van der Waals surface area (Å²) < 4.78 is 10.5. The van der Waals surface area contributed by atoms with Gasteiger partial charge in [-0.3, -0.25) is 4.90 Å². The highest BCUT2D eigenvalue weighted by Crippen LogP contribution is 2.22. The van der Waals surface area contributed by atoms with E-state index in [1.54, 1.807) is 7.11 Å². The zero-order valence-corrected chi connectivity index (χ0v) is 10.9. The van der Waals surface area contributed by atoms with Gasteiger partial charge < -0.3 is 14.9 Å². The molecule has 0 unspecified atom stereocenters. The van der Waals surface area contributed by atoms with Crippen molar-refractivity contribution >= 4 is 6.01 Å². The van der Waals surface area contributed by atoms with Gasteiger partial charge >= 0.3 is 0 Å². The Kier molecular flexibility index (Phi) is 3.13. The quantitative estimate of drug-likeness (QED) is 0.911. The van der Waals surface area contributed by atoms with Gasteiger partial charge in [-0.05, 0) is 17.7 Å². The molecule has 1 aliphatic heterocycles. The molecule has 3 rings (SSSR count). The molecule has 0 aliphatic carbocycles.